The number of hydrogen-bond acceptors (Lipinski definition) is 7. The molecule has 0 saturated carbocycles. The van der Waals surface area contributed by atoms with E-state index in [1.807, 2.05) is 26.8 Å². The second kappa shape index (κ2) is 15.3. The van der Waals surface area contributed by atoms with E-state index in [9.17, 15) is 18.0 Å². The van der Waals surface area contributed by atoms with Crippen molar-refractivity contribution in [3.63, 3.8) is 0 Å². The summed E-state index contributed by atoms with van der Waals surface area (Å²) in [5, 5.41) is 2.97. The van der Waals surface area contributed by atoms with E-state index in [-0.39, 0.29) is 34.8 Å². The van der Waals surface area contributed by atoms with Crippen LogP contribution < -0.4 is 23.8 Å². The van der Waals surface area contributed by atoms with E-state index in [1.54, 1.807) is 49.6 Å². The van der Waals surface area contributed by atoms with Crippen LogP contribution in [0.2, 0.25) is 0 Å². The van der Waals surface area contributed by atoms with E-state index in [4.69, 9.17) is 14.2 Å². The molecule has 3 aromatic rings. The lowest BCUT2D eigenvalue weighted by Gasteiger charge is -2.34. The Morgan fingerprint density at radius 3 is 2.12 bits per heavy atom. The van der Waals surface area contributed by atoms with Crippen molar-refractivity contribution in [2.75, 3.05) is 32.2 Å². The number of carbonyl (C=O) groups is 2. The summed E-state index contributed by atoms with van der Waals surface area (Å²) in [6.45, 7) is 5.15. The number of nitrogens with one attached hydrogen (secondary N) is 1. The Morgan fingerprint density at radius 2 is 1.51 bits per heavy atom. The largest absolute Gasteiger partial charge is 0.497 e. The molecule has 0 unspecified atom stereocenters. The zero-order valence-corrected chi connectivity index (χ0v) is 26.4. The molecule has 10 nitrogen and oxygen atoms in total. The molecule has 0 radical (unpaired) electrons. The number of benzene rings is 3. The predicted molar refractivity (Wildman–Crippen MR) is 166 cm³/mol. The molecule has 0 fully saturated rings. The molecule has 3 aromatic carbocycles. The van der Waals surface area contributed by atoms with Crippen LogP contribution in [0.4, 0.5) is 5.69 Å². The summed E-state index contributed by atoms with van der Waals surface area (Å²) in [6.07, 6.45) is 1.03. The number of hydrogen-bond donors (Lipinski definition) is 1. The van der Waals surface area contributed by atoms with Gasteiger partial charge in [0.15, 0.2) is 0 Å². The highest BCUT2D eigenvalue weighted by Crippen LogP contribution is 2.33. The van der Waals surface area contributed by atoms with E-state index in [1.165, 1.54) is 43.4 Å². The Bertz CT molecular complexity index is 1480. The number of para-hydroxylation sites is 2. The van der Waals surface area contributed by atoms with Gasteiger partial charge in [0.25, 0.3) is 10.0 Å². The second-order valence-corrected chi connectivity index (χ2v) is 11.8. The van der Waals surface area contributed by atoms with Crippen molar-refractivity contribution < 1.29 is 32.2 Å². The molecule has 0 aliphatic carbocycles. The van der Waals surface area contributed by atoms with Crippen LogP contribution in [-0.4, -0.2) is 65.1 Å². The van der Waals surface area contributed by atoms with Crippen LogP contribution in [0.1, 0.15) is 39.2 Å². The quantitative estimate of drug-likeness (QED) is 0.267. The third-order valence-corrected chi connectivity index (χ3v) is 8.93. The molecule has 11 heteroatoms. The average Bonchev–Trinajstić information content (AvgIpc) is 3.03. The average molecular weight is 612 g/mol. The van der Waals surface area contributed by atoms with Gasteiger partial charge in [-0.3, -0.25) is 13.9 Å². The molecule has 2 atom stereocenters. The number of sulfonamides is 1. The fourth-order valence-corrected chi connectivity index (χ4v) is 5.98. The van der Waals surface area contributed by atoms with Gasteiger partial charge in [0, 0.05) is 12.6 Å². The van der Waals surface area contributed by atoms with Crippen molar-refractivity contribution in [2.24, 2.45) is 0 Å². The van der Waals surface area contributed by atoms with Gasteiger partial charge in [-0.1, -0.05) is 38.1 Å². The molecule has 0 bridgehead atoms. The van der Waals surface area contributed by atoms with Crippen LogP contribution >= 0.6 is 0 Å². The molecule has 1 N–H and O–H groups in total. The molecule has 0 spiro atoms. The van der Waals surface area contributed by atoms with Gasteiger partial charge in [-0.15, -0.1) is 0 Å². The monoisotopic (exact) mass is 611 g/mol. The molecule has 0 saturated heterocycles. The highest BCUT2D eigenvalue weighted by Gasteiger charge is 2.35. The van der Waals surface area contributed by atoms with Crippen LogP contribution in [0.5, 0.6) is 17.2 Å². The topological polar surface area (TPSA) is 114 Å². The minimum Gasteiger partial charge on any atom is -0.497 e. The molecule has 0 aliphatic rings. The third-order valence-electron chi connectivity index (χ3n) is 7.15. The van der Waals surface area contributed by atoms with Crippen LogP contribution in [-0.2, 0) is 26.2 Å². The Hall–Kier alpha value is -4.25. The van der Waals surface area contributed by atoms with E-state index < -0.39 is 28.5 Å². The van der Waals surface area contributed by atoms with Crippen molar-refractivity contribution in [1.29, 1.82) is 0 Å². The van der Waals surface area contributed by atoms with Gasteiger partial charge in [-0.25, -0.2) is 8.42 Å². The van der Waals surface area contributed by atoms with Crippen LogP contribution in [0.25, 0.3) is 0 Å². The lowest BCUT2D eigenvalue weighted by atomic mass is 10.1. The van der Waals surface area contributed by atoms with Gasteiger partial charge in [-0.2, -0.15) is 0 Å². The molecule has 43 heavy (non-hydrogen) atoms. The number of nitrogens with zero attached hydrogens (tertiary/aromatic N) is 2. The van der Waals surface area contributed by atoms with Crippen molar-refractivity contribution in [2.45, 2.75) is 57.1 Å². The lowest BCUT2D eigenvalue weighted by Crippen LogP contribution is -2.53. The lowest BCUT2D eigenvalue weighted by molar-refractivity contribution is -0.140. The van der Waals surface area contributed by atoms with Gasteiger partial charge in [-0.05, 0) is 73.9 Å². The summed E-state index contributed by atoms with van der Waals surface area (Å²) >= 11 is 0. The first-order valence-corrected chi connectivity index (χ1v) is 15.6. The Morgan fingerprint density at radius 1 is 0.837 bits per heavy atom. The molecule has 0 aromatic heterocycles. The number of amides is 2. The Kier molecular flexibility index (Phi) is 11.8. The number of methoxy groups -OCH3 is 3. The number of carbonyl (C=O) groups excluding carboxylic acids is 2. The second-order valence-electron chi connectivity index (χ2n) is 9.97. The first-order chi connectivity index (χ1) is 20.6. The summed E-state index contributed by atoms with van der Waals surface area (Å²) in [5.41, 5.74) is 0.914. The van der Waals surface area contributed by atoms with E-state index in [2.05, 4.69) is 5.32 Å². The smallest absolute Gasteiger partial charge is 0.264 e. The minimum absolute atomic E-state index is 0.0343. The molecule has 3 rings (SSSR count). The molecule has 232 valence electrons. The molecule has 0 aliphatic heterocycles. The predicted octanol–water partition coefficient (Wildman–Crippen LogP) is 4.63. The highest BCUT2D eigenvalue weighted by molar-refractivity contribution is 7.92. The third kappa shape index (κ3) is 8.19. The van der Waals surface area contributed by atoms with Gasteiger partial charge < -0.3 is 24.4 Å². The zero-order valence-electron chi connectivity index (χ0n) is 25.6. The molecular weight excluding hydrogens is 570 g/mol. The maximum Gasteiger partial charge on any atom is 0.264 e. The Labute approximate surface area is 254 Å². The minimum atomic E-state index is -4.27. The Balaban J connectivity index is 2.11. The maximum absolute atomic E-state index is 14.3. The van der Waals surface area contributed by atoms with Crippen molar-refractivity contribution >= 4 is 27.5 Å². The van der Waals surface area contributed by atoms with E-state index in [0.29, 0.717) is 24.3 Å². The van der Waals surface area contributed by atoms with Crippen LogP contribution in [0.15, 0.2) is 77.7 Å². The summed E-state index contributed by atoms with van der Waals surface area (Å²) in [4.78, 5) is 29.1. The standard InChI is InChI=1S/C32H41N3O7S/c1-7-23(3)33-32(37)28(8-2)34(21-24-12-11-13-26(20-24)41-5)31(36)22-35(29-14-9-10-15-30(29)42-6)43(38,39)27-18-16-25(40-4)17-19-27/h9-20,23,28H,7-8,21-22H2,1-6H3,(H,33,37)/t23-,28+/m0/s1. The summed E-state index contributed by atoms with van der Waals surface area (Å²) in [6, 6.07) is 18.7. The molecular formula is C32H41N3O7S. The van der Waals surface area contributed by atoms with Crippen molar-refractivity contribution in [1.82, 2.24) is 10.2 Å². The fourth-order valence-electron chi connectivity index (χ4n) is 4.55. The molecule has 2 amide bonds. The van der Waals surface area contributed by atoms with Gasteiger partial charge in [0.2, 0.25) is 11.8 Å². The zero-order chi connectivity index (χ0) is 31.6. The summed E-state index contributed by atoms with van der Waals surface area (Å²) < 4.78 is 45.3. The normalized spacial score (nSPS) is 12.5. The SMILES string of the molecule is CC[C@H](C(=O)N[C@@H](C)CC)N(Cc1cccc(OC)c1)C(=O)CN(c1ccccc1OC)S(=O)(=O)c1ccc(OC)cc1. The highest BCUT2D eigenvalue weighted by atomic mass is 32.2. The summed E-state index contributed by atoms with van der Waals surface area (Å²) in [5.74, 6) is 0.487. The van der Waals surface area contributed by atoms with Crippen LogP contribution in [0, 0.1) is 0 Å². The number of rotatable bonds is 15. The fraction of sp³-hybridized carbons (Fsp3) is 0.375. The van der Waals surface area contributed by atoms with E-state index >= 15 is 0 Å². The first kappa shape index (κ1) is 33.3. The van der Waals surface area contributed by atoms with Gasteiger partial charge in [0.1, 0.15) is 29.8 Å². The summed E-state index contributed by atoms with van der Waals surface area (Å²) in [7, 11) is 0.196. The van der Waals surface area contributed by atoms with Crippen LogP contribution in [0.3, 0.4) is 0 Å². The van der Waals surface area contributed by atoms with Gasteiger partial charge >= 0.3 is 0 Å². The number of ether oxygens (including phenoxy) is 3. The van der Waals surface area contributed by atoms with Crippen molar-refractivity contribution in [3.8, 4) is 17.2 Å². The first-order valence-electron chi connectivity index (χ1n) is 14.1. The van der Waals surface area contributed by atoms with Crippen molar-refractivity contribution in [3.05, 3.63) is 78.4 Å². The number of anilines is 1. The van der Waals surface area contributed by atoms with Gasteiger partial charge in [0.05, 0.1) is 31.9 Å². The van der Waals surface area contributed by atoms with E-state index in [0.717, 1.165) is 9.87 Å². The maximum atomic E-state index is 14.3. The molecule has 0 heterocycles.